The van der Waals surface area contributed by atoms with Crippen LogP contribution < -0.4 is 0 Å². The molecule has 1 saturated heterocycles. The second-order valence-corrected chi connectivity index (χ2v) is 6.48. The molecular formula is C18H23NO4. The van der Waals surface area contributed by atoms with Gasteiger partial charge in [-0.15, -0.1) is 0 Å². The summed E-state index contributed by atoms with van der Waals surface area (Å²) in [5.74, 6) is -1.63. The van der Waals surface area contributed by atoms with Crippen molar-refractivity contribution < 1.29 is 19.4 Å². The minimum absolute atomic E-state index is 0.0680. The summed E-state index contributed by atoms with van der Waals surface area (Å²) in [6.07, 6.45) is 4.58. The Hall–Kier alpha value is -1.88. The van der Waals surface area contributed by atoms with E-state index in [1.165, 1.54) is 12.8 Å². The average molecular weight is 317 g/mol. The lowest BCUT2D eigenvalue weighted by Gasteiger charge is -2.18. The van der Waals surface area contributed by atoms with E-state index in [0.29, 0.717) is 6.54 Å². The highest BCUT2D eigenvalue weighted by Crippen LogP contribution is 2.33. The lowest BCUT2D eigenvalue weighted by atomic mass is 9.89. The normalized spacial score (nSPS) is 25.0. The van der Waals surface area contributed by atoms with Gasteiger partial charge in [0.1, 0.15) is 6.61 Å². The lowest BCUT2D eigenvalue weighted by molar-refractivity contribution is -0.142. The number of amides is 1. The minimum Gasteiger partial charge on any atom is -0.481 e. The van der Waals surface area contributed by atoms with Crippen molar-refractivity contribution in [3.05, 3.63) is 35.9 Å². The van der Waals surface area contributed by atoms with Gasteiger partial charge in [-0.1, -0.05) is 43.2 Å². The lowest BCUT2D eigenvalue weighted by Crippen LogP contribution is -2.34. The standard InChI is InChI=1S/C18H23NO4/c20-17(12-23-14-8-4-5-9-14)19-10-15(16(11-19)18(21)22)13-6-2-1-3-7-13/h1-3,6-7,14-16H,4-5,8-12H2,(H,21,22). The predicted octanol–water partition coefficient (Wildman–Crippen LogP) is 2.27. The molecule has 2 aliphatic rings. The molecule has 1 heterocycles. The van der Waals surface area contributed by atoms with Gasteiger partial charge in [0.2, 0.25) is 5.91 Å². The molecule has 5 nitrogen and oxygen atoms in total. The fourth-order valence-electron chi connectivity index (χ4n) is 3.63. The van der Waals surface area contributed by atoms with Crippen LogP contribution in [0.3, 0.4) is 0 Å². The summed E-state index contributed by atoms with van der Waals surface area (Å²) in [6.45, 7) is 0.786. The molecule has 0 spiro atoms. The molecule has 5 heteroatoms. The number of ether oxygens (including phenoxy) is 1. The third kappa shape index (κ3) is 3.72. The van der Waals surface area contributed by atoms with Gasteiger partial charge in [-0.05, 0) is 18.4 Å². The van der Waals surface area contributed by atoms with Crippen molar-refractivity contribution in [1.29, 1.82) is 0 Å². The van der Waals surface area contributed by atoms with Crippen LogP contribution in [0.1, 0.15) is 37.2 Å². The van der Waals surface area contributed by atoms with Crippen LogP contribution in [0.25, 0.3) is 0 Å². The number of carbonyl (C=O) groups is 2. The molecule has 124 valence electrons. The molecule has 2 atom stereocenters. The fraction of sp³-hybridized carbons (Fsp3) is 0.556. The van der Waals surface area contributed by atoms with E-state index in [1.54, 1.807) is 4.90 Å². The highest BCUT2D eigenvalue weighted by molar-refractivity contribution is 5.80. The Kier molecular flexibility index (Phi) is 4.96. The summed E-state index contributed by atoms with van der Waals surface area (Å²) < 4.78 is 5.68. The van der Waals surface area contributed by atoms with Gasteiger partial charge in [0.25, 0.3) is 0 Å². The number of hydrogen-bond acceptors (Lipinski definition) is 3. The smallest absolute Gasteiger partial charge is 0.308 e. The summed E-state index contributed by atoms with van der Waals surface area (Å²) in [5, 5.41) is 9.48. The first kappa shape index (κ1) is 16.0. The van der Waals surface area contributed by atoms with Crippen molar-refractivity contribution in [2.75, 3.05) is 19.7 Å². The monoisotopic (exact) mass is 317 g/mol. The van der Waals surface area contributed by atoms with Crippen molar-refractivity contribution in [2.24, 2.45) is 5.92 Å². The molecule has 23 heavy (non-hydrogen) atoms. The van der Waals surface area contributed by atoms with Crippen LogP contribution in [-0.4, -0.2) is 47.7 Å². The maximum atomic E-state index is 12.4. The van der Waals surface area contributed by atoms with Crippen molar-refractivity contribution >= 4 is 11.9 Å². The first-order valence-corrected chi connectivity index (χ1v) is 8.32. The Labute approximate surface area is 136 Å². The third-order valence-corrected chi connectivity index (χ3v) is 4.96. The number of carboxylic acid groups (broad SMARTS) is 1. The maximum absolute atomic E-state index is 12.4. The number of likely N-dealkylation sites (tertiary alicyclic amines) is 1. The van der Waals surface area contributed by atoms with E-state index in [9.17, 15) is 14.7 Å². The van der Waals surface area contributed by atoms with Gasteiger partial charge in [-0.25, -0.2) is 0 Å². The third-order valence-electron chi connectivity index (χ3n) is 4.96. The van der Waals surface area contributed by atoms with Crippen molar-refractivity contribution in [2.45, 2.75) is 37.7 Å². The first-order valence-electron chi connectivity index (χ1n) is 8.32. The van der Waals surface area contributed by atoms with Crippen molar-refractivity contribution in [3.8, 4) is 0 Å². The zero-order valence-corrected chi connectivity index (χ0v) is 13.2. The van der Waals surface area contributed by atoms with Crippen LogP contribution in [0.2, 0.25) is 0 Å². The molecule has 1 aliphatic heterocycles. The first-order chi connectivity index (χ1) is 11.1. The van der Waals surface area contributed by atoms with E-state index in [2.05, 4.69) is 0 Å². The quantitative estimate of drug-likeness (QED) is 0.904. The van der Waals surface area contributed by atoms with Crippen LogP contribution in [0.15, 0.2) is 30.3 Å². The van der Waals surface area contributed by atoms with Crippen LogP contribution in [0.4, 0.5) is 0 Å². The Morgan fingerprint density at radius 2 is 1.83 bits per heavy atom. The summed E-state index contributed by atoms with van der Waals surface area (Å²) >= 11 is 0. The highest BCUT2D eigenvalue weighted by atomic mass is 16.5. The Bertz CT molecular complexity index is 553. The molecule has 1 aromatic rings. The number of carboxylic acids is 1. The van der Waals surface area contributed by atoms with E-state index in [-0.39, 0.29) is 31.1 Å². The minimum atomic E-state index is -0.842. The molecule has 0 radical (unpaired) electrons. The molecule has 0 aromatic heterocycles. The Balaban J connectivity index is 1.62. The Morgan fingerprint density at radius 3 is 2.48 bits per heavy atom. The molecule has 1 aromatic carbocycles. The molecule has 1 saturated carbocycles. The zero-order valence-electron chi connectivity index (χ0n) is 13.2. The Morgan fingerprint density at radius 1 is 1.13 bits per heavy atom. The highest BCUT2D eigenvalue weighted by Gasteiger charge is 2.40. The van der Waals surface area contributed by atoms with E-state index in [0.717, 1.165) is 18.4 Å². The second kappa shape index (κ2) is 7.13. The summed E-state index contributed by atoms with van der Waals surface area (Å²) in [4.78, 5) is 25.6. The van der Waals surface area contributed by atoms with Crippen LogP contribution in [0.5, 0.6) is 0 Å². The maximum Gasteiger partial charge on any atom is 0.308 e. The number of aliphatic carboxylic acids is 1. The van der Waals surface area contributed by atoms with Gasteiger partial charge >= 0.3 is 5.97 Å². The number of benzene rings is 1. The molecule has 1 N–H and O–H groups in total. The van der Waals surface area contributed by atoms with Gasteiger partial charge in [0, 0.05) is 19.0 Å². The topological polar surface area (TPSA) is 66.8 Å². The molecule has 1 amide bonds. The predicted molar refractivity (Wildman–Crippen MR) is 85.1 cm³/mol. The number of carbonyl (C=O) groups excluding carboxylic acids is 1. The molecule has 1 aliphatic carbocycles. The molecular weight excluding hydrogens is 294 g/mol. The summed E-state index contributed by atoms with van der Waals surface area (Å²) in [7, 11) is 0. The van der Waals surface area contributed by atoms with Gasteiger partial charge in [0.15, 0.2) is 0 Å². The molecule has 0 bridgehead atoms. The average Bonchev–Trinajstić information content (AvgIpc) is 3.23. The van der Waals surface area contributed by atoms with E-state index in [4.69, 9.17) is 4.74 Å². The number of nitrogens with zero attached hydrogens (tertiary/aromatic N) is 1. The van der Waals surface area contributed by atoms with Crippen LogP contribution in [0, 0.1) is 5.92 Å². The van der Waals surface area contributed by atoms with Gasteiger partial charge < -0.3 is 14.7 Å². The molecule has 2 fully saturated rings. The zero-order chi connectivity index (χ0) is 16.2. The van der Waals surface area contributed by atoms with E-state index in [1.807, 2.05) is 30.3 Å². The van der Waals surface area contributed by atoms with E-state index >= 15 is 0 Å². The number of hydrogen-bond donors (Lipinski definition) is 1. The fourth-order valence-corrected chi connectivity index (χ4v) is 3.63. The van der Waals surface area contributed by atoms with Gasteiger partial charge in [-0.3, -0.25) is 9.59 Å². The summed E-state index contributed by atoms with van der Waals surface area (Å²) in [6, 6.07) is 9.59. The van der Waals surface area contributed by atoms with Crippen molar-refractivity contribution in [1.82, 2.24) is 4.90 Å². The molecule has 3 rings (SSSR count). The van der Waals surface area contributed by atoms with Crippen LogP contribution >= 0.6 is 0 Å². The molecule has 2 unspecified atom stereocenters. The summed E-state index contributed by atoms with van der Waals surface area (Å²) in [5.41, 5.74) is 0.979. The van der Waals surface area contributed by atoms with Gasteiger partial charge in [-0.2, -0.15) is 0 Å². The van der Waals surface area contributed by atoms with Crippen LogP contribution in [-0.2, 0) is 14.3 Å². The van der Waals surface area contributed by atoms with E-state index < -0.39 is 11.9 Å². The second-order valence-electron chi connectivity index (χ2n) is 6.48. The van der Waals surface area contributed by atoms with Crippen molar-refractivity contribution in [3.63, 3.8) is 0 Å². The van der Waals surface area contributed by atoms with Gasteiger partial charge in [0.05, 0.1) is 12.0 Å². The largest absolute Gasteiger partial charge is 0.481 e. The SMILES string of the molecule is O=C(O)C1CN(C(=O)COC2CCCC2)CC1c1ccccc1. The number of rotatable bonds is 5.